The zero-order chi connectivity index (χ0) is 16.0. The Balaban J connectivity index is 2.41. The fourth-order valence-corrected chi connectivity index (χ4v) is 3.31. The van der Waals surface area contributed by atoms with E-state index < -0.39 is 12.2 Å². The Morgan fingerprint density at radius 1 is 0.864 bits per heavy atom. The van der Waals surface area contributed by atoms with Crippen molar-refractivity contribution in [3.8, 4) is 0 Å². The van der Waals surface area contributed by atoms with Crippen molar-refractivity contribution in [2.75, 3.05) is 19.8 Å². The molecule has 6 heteroatoms. The number of hydrogen-bond donors (Lipinski definition) is 0. The maximum atomic E-state index is 13.6. The van der Waals surface area contributed by atoms with Crippen molar-refractivity contribution in [3.05, 3.63) is 68.6 Å². The molecule has 22 heavy (non-hydrogen) atoms. The normalized spacial score (nSPS) is 11.6. The van der Waals surface area contributed by atoms with E-state index in [0.717, 1.165) is 0 Å². The molecule has 0 heterocycles. The second-order valence-electron chi connectivity index (χ2n) is 4.57. The van der Waals surface area contributed by atoms with Gasteiger partial charge in [0, 0.05) is 20.1 Å². The molecular weight excluding hydrogens is 416 g/mol. The third-order valence-electron chi connectivity index (χ3n) is 3.13. The van der Waals surface area contributed by atoms with Gasteiger partial charge in [-0.1, -0.05) is 68.3 Å². The second-order valence-corrected chi connectivity index (χ2v) is 6.28. The number of rotatable bonds is 7. The summed E-state index contributed by atoms with van der Waals surface area (Å²) in [5, 5.41) is 24.0. The first-order chi connectivity index (χ1) is 10.6. The fourth-order valence-electron chi connectivity index (χ4n) is 2.10. The van der Waals surface area contributed by atoms with Crippen LogP contribution in [0.25, 0.3) is 0 Å². The number of halogens is 2. The molecule has 0 atom stereocenters. The zero-order valence-electron chi connectivity index (χ0n) is 11.6. The number of benzene rings is 2. The molecule has 0 saturated carbocycles. The molecule has 2 rings (SSSR count). The Morgan fingerprint density at radius 2 is 1.36 bits per heavy atom. The van der Waals surface area contributed by atoms with E-state index >= 15 is 0 Å². The van der Waals surface area contributed by atoms with Crippen molar-refractivity contribution >= 4 is 31.9 Å². The highest BCUT2D eigenvalue weighted by atomic mass is 79.9. The van der Waals surface area contributed by atoms with Gasteiger partial charge in [-0.2, -0.15) is 0 Å². The van der Waals surface area contributed by atoms with Crippen LogP contribution in [0, 0.1) is 0 Å². The van der Waals surface area contributed by atoms with E-state index in [2.05, 4.69) is 31.9 Å². The van der Waals surface area contributed by atoms with E-state index in [1.807, 2.05) is 12.1 Å². The summed E-state index contributed by atoms with van der Waals surface area (Å²) in [5.74, 6) is 0. The molecule has 0 aliphatic heterocycles. The first-order valence-corrected chi connectivity index (χ1v) is 8.21. The highest BCUT2D eigenvalue weighted by Crippen LogP contribution is 2.38. The lowest BCUT2D eigenvalue weighted by Gasteiger charge is -2.27. The Hall–Kier alpha value is -0.760. The molecular formula is C16H14Br2O4. The van der Waals surface area contributed by atoms with Gasteiger partial charge in [0.25, 0.3) is 0 Å². The van der Waals surface area contributed by atoms with Crippen molar-refractivity contribution in [1.29, 1.82) is 0 Å². The van der Waals surface area contributed by atoms with Crippen LogP contribution >= 0.6 is 31.9 Å². The van der Waals surface area contributed by atoms with E-state index in [1.165, 1.54) is 0 Å². The minimum atomic E-state index is -1.68. The smallest absolute Gasteiger partial charge is 0.182 e. The fraction of sp³-hybridized carbons (Fsp3) is 0.250. The summed E-state index contributed by atoms with van der Waals surface area (Å²) in [6.07, 6.45) is 0. The molecule has 2 aromatic rings. The molecule has 2 aromatic carbocycles. The van der Waals surface area contributed by atoms with Crippen LogP contribution in [0.2, 0.25) is 0 Å². The minimum absolute atomic E-state index is 0.0952. The lowest BCUT2D eigenvalue weighted by molar-refractivity contribution is -0.322. The lowest BCUT2D eigenvalue weighted by atomic mass is 9.87. The van der Waals surface area contributed by atoms with Gasteiger partial charge in [-0.05, 0) is 12.1 Å². The van der Waals surface area contributed by atoms with E-state index in [1.54, 1.807) is 36.4 Å². The van der Waals surface area contributed by atoms with Crippen LogP contribution in [0.4, 0.5) is 0 Å². The van der Waals surface area contributed by atoms with Gasteiger partial charge in [-0.3, -0.25) is 0 Å². The molecule has 4 nitrogen and oxygen atoms in total. The van der Waals surface area contributed by atoms with Gasteiger partial charge >= 0.3 is 0 Å². The van der Waals surface area contributed by atoms with Gasteiger partial charge in [-0.25, -0.2) is 20.0 Å². The first kappa shape index (κ1) is 17.6. The largest absolute Gasteiger partial charge is 0.234 e. The van der Waals surface area contributed by atoms with Gasteiger partial charge in [0.1, 0.15) is 19.8 Å². The summed E-state index contributed by atoms with van der Waals surface area (Å²) in [7, 11) is 0. The van der Waals surface area contributed by atoms with E-state index in [4.69, 9.17) is 9.78 Å². The molecule has 0 aliphatic rings. The summed E-state index contributed by atoms with van der Waals surface area (Å²) in [5.41, 5.74) is -0.608. The van der Waals surface area contributed by atoms with Crippen LogP contribution in [0.3, 0.4) is 0 Å². The van der Waals surface area contributed by atoms with Gasteiger partial charge in [-0.15, -0.1) is 0 Å². The van der Waals surface area contributed by atoms with Crippen LogP contribution in [0.1, 0.15) is 11.1 Å². The molecule has 116 valence electrons. The van der Waals surface area contributed by atoms with Gasteiger partial charge in [0.15, 0.2) is 5.60 Å². The maximum Gasteiger partial charge on any atom is 0.182 e. The van der Waals surface area contributed by atoms with Gasteiger partial charge in [0.05, 0.1) is 0 Å². The lowest BCUT2D eigenvalue weighted by Crippen LogP contribution is -2.32. The summed E-state index contributed by atoms with van der Waals surface area (Å²) < 4.78 is 1.38. The Morgan fingerprint density at radius 3 is 1.82 bits per heavy atom. The summed E-state index contributed by atoms with van der Waals surface area (Å²) >= 11 is 6.83. The molecule has 0 N–H and O–H groups in total. The van der Waals surface area contributed by atoms with Crippen molar-refractivity contribution in [2.24, 2.45) is 0 Å². The topological polar surface area (TPSA) is 58.3 Å². The van der Waals surface area contributed by atoms with Crippen molar-refractivity contribution < 1.29 is 20.0 Å². The Labute approximate surface area is 145 Å². The molecule has 0 fully saturated rings. The Bertz CT molecular complexity index is 573. The molecule has 0 aliphatic carbocycles. The predicted octanol–water partition coefficient (Wildman–Crippen LogP) is 4.26. The van der Waals surface area contributed by atoms with Crippen molar-refractivity contribution in [1.82, 2.24) is 0 Å². The average molecular weight is 430 g/mol. The standard InChI is InChI=1S/C16H14Br2O4/c17-14-7-3-1-5-12(14)16(20,11-22-21-10-9-19)13-6-2-4-8-15(13)18/h1-8H,9-11H2. The molecule has 0 aromatic heterocycles. The van der Waals surface area contributed by atoms with Crippen LogP contribution in [0.5, 0.6) is 0 Å². The maximum absolute atomic E-state index is 13.6. The summed E-state index contributed by atoms with van der Waals surface area (Å²) in [6.45, 7) is -0.768. The van der Waals surface area contributed by atoms with Crippen LogP contribution < -0.4 is 0 Å². The first-order valence-electron chi connectivity index (χ1n) is 6.62. The summed E-state index contributed by atoms with van der Waals surface area (Å²) in [4.78, 5) is 9.76. The second kappa shape index (κ2) is 8.19. The molecule has 0 saturated heterocycles. The van der Waals surface area contributed by atoms with Crippen LogP contribution in [-0.4, -0.2) is 19.8 Å². The zero-order valence-corrected chi connectivity index (χ0v) is 14.8. The van der Waals surface area contributed by atoms with Crippen molar-refractivity contribution in [2.45, 2.75) is 5.60 Å². The molecule has 0 bridgehead atoms. The molecule has 0 unspecified atom stereocenters. The molecule has 0 spiro atoms. The van der Waals surface area contributed by atoms with E-state index in [9.17, 15) is 10.2 Å². The van der Waals surface area contributed by atoms with Crippen LogP contribution in [-0.2, 0) is 25.6 Å². The SMILES string of the molecule is [O]CCOOCC([O])(c1ccccc1Br)c1ccccc1Br. The minimum Gasteiger partial charge on any atom is -0.234 e. The molecule has 2 radical (unpaired) electrons. The molecule has 0 amide bonds. The van der Waals surface area contributed by atoms with E-state index in [0.29, 0.717) is 20.1 Å². The Kier molecular flexibility index (Phi) is 6.55. The number of hydrogen-bond acceptors (Lipinski definition) is 2. The quantitative estimate of drug-likeness (QED) is 0.375. The monoisotopic (exact) mass is 428 g/mol. The average Bonchev–Trinajstić information content (AvgIpc) is 2.52. The van der Waals surface area contributed by atoms with E-state index in [-0.39, 0.29) is 13.2 Å². The van der Waals surface area contributed by atoms with Gasteiger partial charge in [0.2, 0.25) is 0 Å². The third-order valence-corrected chi connectivity index (χ3v) is 4.51. The van der Waals surface area contributed by atoms with Crippen molar-refractivity contribution in [3.63, 3.8) is 0 Å². The third kappa shape index (κ3) is 3.95. The summed E-state index contributed by atoms with van der Waals surface area (Å²) in [6, 6.07) is 14.4. The highest BCUT2D eigenvalue weighted by Gasteiger charge is 2.38. The highest BCUT2D eigenvalue weighted by molar-refractivity contribution is 9.10. The van der Waals surface area contributed by atoms with Crippen LogP contribution in [0.15, 0.2) is 57.5 Å². The van der Waals surface area contributed by atoms with Gasteiger partial charge < -0.3 is 0 Å². The predicted molar refractivity (Wildman–Crippen MR) is 87.2 cm³/mol.